The number of nitrogens with zero attached hydrogens (tertiary/aromatic N) is 2. The zero-order valence-corrected chi connectivity index (χ0v) is 12.0. The van der Waals surface area contributed by atoms with Crippen LogP contribution in [0.4, 0.5) is 0 Å². The highest BCUT2D eigenvalue weighted by atomic mass is 79.9. The summed E-state index contributed by atoms with van der Waals surface area (Å²) in [6.45, 7) is 5.53. The van der Waals surface area contributed by atoms with E-state index in [4.69, 9.17) is 0 Å². The van der Waals surface area contributed by atoms with Gasteiger partial charge in [-0.15, -0.1) is 0 Å². The van der Waals surface area contributed by atoms with E-state index in [0.717, 1.165) is 11.0 Å². The van der Waals surface area contributed by atoms with Crippen LogP contribution in [-0.2, 0) is 11.3 Å². The topological polar surface area (TPSA) is 54.3 Å². The van der Waals surface area contributed by atoms with Crippen molar-refractivity contribution in [3.63, 3.8) is 0 Å². The Hall–Kier alpha value is -1.30. The fourth-order valence-electron chi connectivity index (χ4n) is 2.12. The molecular weight excluding hydrogens is 298 g/mol. The SMILES string of the molecule is CCn1cc(Br)cc1C(=O)N1CCNC(=O)C1C. The van der Waals surface area contributed by atoms with Crippen molar-refractivity contribution in [3.8, 4) is 0 Å². The van der Waals surface area contributed by atoms with Gasteiger partial charge in [0, 0.05) is 30.3 Å². The van der Waals surface area contributed by atoms with Gasteiger partial charge in [-0.3, -0.25) is 9.59 Å². The molecule has 1 fully saturated rings. The second-order valence-corrected chi connectivity index (χ2v) is 5.21. The second-order valence-electron chi connectivity index (χ2n) is 4.30. The van der Waals surface area contributed by atoms with E-state index < -0.39 is 6.04 Å². The number of piperazine rings is 1. The van der Waals surface area contributed by atoms with Crippen LogP contribution < -0.4 is 5.32 Å². The second kappa shape index (κ2) is 5.14. The molecule has 1 unspecified atom stereocenters. The molecule has 0 saturated carbocycles. The normalized spacial score (nSPS) is 19.8. The molecular formula is C12H16BrN3O2. The smallest absolute Gasteiger partial charge is 0.271 e. The van der Waals surface area contributed by atoms with Gasteiger partial charge in [-0.25, -0.2) is 0 Å². The highest BCUT2D eigenvalue weighted by molar-refractivity contribution is 9.10. The zero-order chi connectivity index (χ0) is 13.3. The van der Waals surface area contributed by atoms with E-state index >= 15 is 0 Å². The summed E-state index contributed by atoms with van der Waals surface area (Å²) in [6.07, 6.45) is 1.88. The minimum Gasteiger partial charge on any atom is -0.353 e. The van der Waals surface area contributed by atoms with Crippen LogP contribution in [0.15, 0.2) is 16.7 Å². The standard InChI is InChI=1S/C12H16BrN3O2/c1-3-15-7-9(13)6-10(15)12(18)16-5-4-14-11(17)8(16)2/h6-8H,3-5H2,1-2H3,(H,14,17). The molecule has 6 heteroatoms. The van der Waals surface area contributed by atoms with Gasteiger partial charge in [0.05, 0.1) is 0 Å². The Morgan fingerprint density at radius 1 is 1.61 bits per heavy atom. The molecule has 1 aliphatic rings. The molecule has 1 aromatic rings. The maximum atomic E-state index is 12.5. The molecule has 1 atom stereocenters. The Morgan fingerprint density at radius 2 is 2.33 bits per heavy atom. The molecule has 0 radical (unpaired) electrons. The van der Waals surface area contributed by atoms with Gasteiger partial charge in [-0.2, -0.15) is 0 Å². The number of carbonyl (C=O) groups excluding carboxylic acids is 2. The Labute approximate surface area is 114 Å². The van der Waals surface area contributed by atoms with E-state index in [9.17, 15) is 9.59 Å². The largest absolute Gasteiger partial charge is 0.353 e. The highest BCUT2D eigenvalue weighted by Gasteiger charge is 2.31. The average molecular weight is 314 g/mol. The third-order valence-electron chi connectivity index (χ3n) is 3.18. The van der Waals surface area contributed by atoms with Crippen molar-refractivity contribution in [2.45, 2.75) is 26.4 Å². The maximum Gasteiger partial charge on any atom is 0.271 e. The number of hydrogen-bond donors (Lipinski definition) is 1. The van der Waals surface area contributed by atoms with Crippen LogP contribution >= 0.6 is 15.9 Å². The van der Waals surface area contributed by atoms with Crippen molar-refractivity contribution in [1.29, 1.82) is 0 Å². The van der Waals surface area contributed by atoms with Crippen molar-refractivity contribution >= 4 is 27.7 Å². The summed E-state index contributed by atoms with van der Waals surface area (Å²) in [7, 11) is 0. The predicted octanol–water partition coefficient (Wildman–Crippen LogP) is 1.23. The lowest BCUT2D eigenvalue weighted by Crippen LogP contribution is -2.56. The molecule has 1 saturated heterocycles. The van der Waals surface area contributed by atoms with Crippen molar-refractivity contribution in [3.05, 3.63) is 22.4 Å². The summed E-state index contributed by atoms with van der Waals surface area (Å²) < 4.78 is 2.76. The van der Waals surface area contributed by atoms with E-state index in [1.807, 2.05) is 17.7 Å². The van der Waals surface area contributed by atoms with Gasteiger partial charge in [0.15, 0.2) is 0 Å². The molecule has 5 nitrogen and oxygen atoms in total. The molecule has 18 heavy (non-hydrogen) atoms. The molecule has 2 rings (SSSR count). The van der Waals surface area contributed by atoms with Gasteiger partial charge in [-0.05, 0) is 35.8 Å². The van der Waals surface area contributed by atoms with Gasteiger partial charge in [-0.1, -0.05) is 0 Å². The maximum absolute atomic E-state index is 12.5. The number of aromatic nitrogens is 1. The summed E-state index contributed by atoms with van der Waals surface area (Å²) in [5.74, 6) is -0.187. The Bertz CT molecular complexity index is 484. The van der Waals surface area contributed by atoms with Crippen LogP contribution in [-0.4, -0.2) is 40.4 Å². The number of nitrogens with one attached hydrogen (secondary N) is 1. The Kier molecular flexibility index (Phi) is 3.75. The van der Waals surface area contributed by atoms with Gasteiger partial charge < -0.3 is 14.8 Å². The molecule has 1 N–H and O–H groups in total. The molecule has 0 bridgehead atoms. The lowest BCUT2D eigenvalue weighted by Gasteiger charge is -2.32. The van der Waals surface area contributed by atoms with E-state index in [1.165, 1.54) is 0 Å². The minimum absolute atomic E-state index is 0.0927. The fraction of sp³-hybridized carbons (Fsp3) is 0.500. The molecule has 0 aliphatic carbocycles. The minimum atomic E-state index is -0.412. The van der Waals surface area contributed by atoms with Crippen molar-refractivity contribution in [1.82, 2.24) is 14.8 Å². The first-order chi connectivity index (χ1) is 8.54. The summed E-state index contributed by atoms with van der Waals surface area (Å²) in [6, 6.07) is 1.38. The third kappa shape index (κ3) is 2.29. The lowest BCUT2D eigenvalue weighted by atomic mass is 10.2. The Morgan fingerprint density at radius 3 is 3.00 bits per heavy atom. The number of rotatable bonds is 2. The van der Waals surface area contributed by atoms with Crippen molar-refractivity contribution in [2.75, 3.05) is 13.1 Å². The molecule has 0 spiro atoms. The fourth-order valence-corrected chi connectivity index (χ4v) is 2.59. The van der Waals surface area contributed by atoms with E-state index in [-0.39, 0.29) is 11.8 Å². The van der Waals surface area contributed by atoms with Gasteiger partial charge >= 0.3 is 0 Å². The van der Waals surface area contributed by atoms with Crippen LogP contribution in [0.5, 0.6) is 0 Å². The first-order valence-corrected chi connectivity index (χ1v) is 6.78. The monoisotopic (exact) mass is 313 g/mol. The van der Waals surface area contributed by atoms with Crippen molar-refractivity contribution < 1.29 is 9.59 Å². The number of aryl methyl sites for hydroxylation is 1. The predicted molar refractivity (Wildman–Crippen MR) is 71.3 cm³/mol. The van der Waals surface area contributed by atoms with Crippen LogP contribution in [0.3, 0.4) is 0 Å². The van der Waals surface area contributed by atoms with E-state index in [2.05, 4.69) is 21.2 Å². The lowest BCUT2D eigenvalue weighted by molar-refractivity contribution is -0.127. The van der Waals surface area contributed by atoms with Crippen LogP contribution in [0, 0.1) is 0 Å². The summed E-state index contributed by atoms with van der Waals surface area (Å²) in [4.78, 5) is 25.6. The van der Waals surface area contributed by atoms with Crippen molar-refractivity contribution in [2.24, 2.45) is 0 Å². The number of carbonyl (C=O) groups is 2. The van der Waals surface area contributed by atoms with Gasteiger partial charge in [0.2, 0.25) is 5.91 Å². The molecule has 2 heterocycles. The number of halogens is 1. The first kappa shape index (κ1) is 13.1. The Balaban J connectivity index is 2.27. The quantitative estimate of drug-likeness (QED) is 0.893. The summed E-state index contributed by atoms with van der Waals surface area (Å²) >= 11 is 3.37. The molecule has 1 aliphatic heterocycles. The van der Waals surface area contributed by atoms with Crippen LogP contribution in [0.2, 0.25) is 0 Å². The third-order valence-corrected chi connectivity index (χ3v) is 3.62. The number of amides is 2. The summed E-state index contributed by atoms with van der Waals surface area (Å²) in [5, 5.41) is 2.75. The molecule has 2 amide bonds. The number of hydrogen-bond acceptors (Lipinski definition) is 2. The molecule has 1 aromatic heterocycles. The van der Waals surface area contributed by atoms with Gasteiger partial charge in [0.25, 0.3) is 5.91 Å². The van der Waals surface area contributed by atoms with E-state index in [1.54, 1.807) is 17.9 Å². The van der Waals surface area contributed by atoms with Gasteiger partial charge in [0.1, 0.15) is 11.7 Å². The molecule has 98 valence electrons. The average Bonchev–Trinajstić information content (AvgIpc) is 2.73. The van der Waals surface area contributed by atoms with Crippen LogP contribution in [0.1, 0.15) is 24.3 Å². The van der Waals surface area contributed by atoms with E-state index in [0.29, 0.717) is 18.8 Å². The first-order valence-electron chi connectivity index (χ1n) is 5.99. The highest BCUT2D eigenvalue weighted by Crippen LogP contribution is 2.18. The van der Waals surface area contributed by atoms with Crippen LogP contribution in [0.25, 0.3) is 0 Å². The zero-order valence-electron chi connectivity index (χ0n) is 10.4. The summed E-state index contributed by atoms with van der Waals surface area (Å²) in [5.41, 5.74) is 0.617. The molecule has 0 aromatic carbocycles.